The summed E-state index contributed by atoms with van der Waals surface area (Å²) in [4.78, 5) is 0.156. The topological polar surface area (TPSA) is 20.2 Å². The van der Waals surface area contributed by atoms with Crippen molar-refractivity contribution in [3.05, 3.63) is 68.6 Å². The highest BCUT2D eigenvalue weighted by atomic mass is 79.9. The van der Waals surface area contributed by atoms with Crippen molar-refractivity contribution in [2.75, 3.05) is 0 Å². The van der Waals surface area contributed by atoms with Gasteiger partial charge >= 0.3 is 0 Å². The van der Waals surface area contributed by atoms with Crippen LogP contribution < -0.4 is 10.4 Å². The lowest BCUT2D eigenvalue weighted by atomic mass is 9.97. The van der Waals surface area contributed by atoms with Crippen molar-refractivity contribution in [3.63, 3.8) is 0 Å². The molecule has 1 nitrogen and oxygen atoms in total. The summed E-state index contributed by atoms with van der Waals surface area (Å²) in [5, 5.41) is 12.4. The van der Waals surface area contributed by atoms with Crippen LogP contribution in [0.5, 0.6) is 0 Å². The van der Waals surface area contributed by atoms with E-state index in [4.69, 9.17) is 0 Å². The number of benzene rings is 1. The molecule has 0 saturated carbocycles. The largest absolute Gasteiger partial charge is 0.507 e. The van der Waals surface area contributed by atoms with Crippen LogP contribution in [-0.2, 0) is 0 Å². The van der Waals surface area contributed by atoms with Crippen LogP contribution in [0.2, 0.25) is 0 Å². The van der Waals surface area contributed by atoms with Gasteiger partial charge < -0.3 is 5.11 Å². The van der Waals surface area contributed by atoms with Gasteiger partial charge in [0.15, 0.2) is 0 Å². The predicted octanol–water partition coefficient (Wildman–Crippen LogP) is 3.06. The summed E-state index contributed by atoms with van der Waals surface area (Å²) in [6.45, 7) is 0. The Bertz CT molecular complexity index is 723. The molecule has 0 aliphatic heterocycles. The van der Waals surface area contributed by atoms with E-state index >= 15 is 0 Å². The number of hydrogen-bond acceptors (Lipinski definition) is 1. The predicted molar refractivity (Wildman–Crippen MR) is 82.1 cm³/mol. The maximum Gasteiger partial charge on any atom is 0.130 e. The van der Waals surface area contributed by atoms with Crippen molar-refractivity contribution in [2.24, 2.45) is 0 Å². The smallest absolute Gasteiger partial charge is 0.130 e. The van der Waals surface area contributed by atoms with Gasteiger partial charge in [0.1, 0.15) is 5.76 Å². The van der Waals surface area contributed by atoms with Gasteiger partial charge in [-0.25, -0.2) is 0 Å². The number of fused-ring (bicyclic) bond motifs is 2. The van der Waals surface area contributed by atoms with Crippen molar-refractivity contribution in [1.82, 2.24) is 0 Å². The van der Waals surface area contributed by atoms with E-state index in [0.29, 0.717) is 5.76 Å². The van der Waals surface area contributed by atoms with Crippen LogP contribution in [0.3, 0.4) is 0 Å². The summed E-state index contributed by atoms with van der Waals surface area (Å²) in [5.74, 6) is 0.333. The van der Waals surface area contributed by atoms with Crippen LogP contribution in [0.1, 0.15) is 0 Å². The summed E-state index contributed by atoms with van der Waals surface area (Å²) < 4.78 is 0.987. The van der Waals surface area contributed by atoms with Crippen LogP contribution >= 0.6 is 31.9 Å². The van der Waals surface area contributed by atoms with Crippen LogP contribution in [0, 0.1) is 0 Å². The summed E-state index contributed by atoms with van der Waals surface area (Å²) in [6, 6.07) is 7.85. The molecule has 1 aromatic rings. The SMILES string of the molecule is OC1=c2ccccc2=CC(Br)=C2C=CC(Br)C=C21. The molecule has 2 aliphatic carbocycles. The van der Waals surface area contributed by atoms with Crippen molar-refractivity contribution >= 4 is 43.7 Å². The minimum absolute atomic E-state index is 0.156. The zero-order valence-corrected chi connectivity index (χ0v) is 12.6. The van der Waals surface area contributed by atoms with Crippen LogP contribution in [-0.4, -0.2) is 9.93 Å². The Morgan fingerprint density at radius 2 is 1.94 bits per heavy atom. The third-order valence-electron chi connectivity index (χ3n) is 3.07. The fourth-order valence-electron chi connectivity index (χ4n) is 2.20. The van der Waals surface area contributed by atoms with E-state index < -0.39 is 0 Å². The second kappa shape index (κ2) is 4.56. The maximum absolute atomic E-state index is 10.5. The normalized spacial score (nSPS) is 21.8. The number of aliphatic hydroxyl groups is 1. The molecule has 2 aliphatic rings. The Labute approximate surface area is 122 Å². The van der Waals surface area contributed by atoms with Crippen LogP contribution in [0.4, 0.5) is 0 Å². The number of alkyl halides is 1. The monoisotopic (exact) mass is 364 g/mol. The number of rotatable bonds is 0. The lowest BCUT2D eigenvalue weighted by molar-refractivity contribution is 0.506. The zero-order valence-electron chi connectivity index (χ0n) is 9.40. The number of allylic oxidation sites excluding steroid dienone is 4. The quantitative estimate of drug-likeness (QED) is 0.700. The minimum atomic E-state index is 0.156. The molecule has 1 atom stereocenters. The van der Waals surface area contributed by atoms with Gasteiger partial charge in [0, 0.05) is 15.3 Å². The zero-order chi connectivity index (χ0) is 12.7. The molecule has 0 fully saturated rings. The highest BCUT2D eigenvalue weighted by Crippen LogP contribution is 2.32. The van der Waals surface area contributed by atoms with Gasteiger partial charge in [-0.3, -0.25) is 0 Å². The van der Waals surface area contributed by atoms with Gasteiger partial charge in [-0.15, -0.1) is 0 Å². The van der Waals surface area contributed by atoms with E-state index in [0.717, 1.165) is 26.1 Å². The molecule has 0 saturated heterocycles. The minimum Gasteiger partial charge on any atom is -0.507 e. The molecule has 3 heteroatoms. The average Bonchev–Trinajstić information content (AvgIpc) is 2.47. The van der Waals surface area contributed by atoms with E-state index in [1.54, 1.807) is 0 Å². The second-order valence-corrected chi connectivity index (χ2v) is 6.14. The maximum atomic E-state index is 10.5. The third kappa shape index (κ3) is 1.91. The molecule has 0 radical (unpaired) electrons. The molecule has 18 heavy (non-hydrogen) atoms. The van der Waals surface area contributed by atoms with Crippen LogP contribution in [0.25, 0.3) is 11.8 Å². The Morgan fingerprint density at radius 3 is 2.78 bits per heavy atom. The Kier molecular flexibility index (Phi) is 3.04. The van der Waals surface area contributed by atoms with Crippen molar-refractivity contribution in [3.8, 4) is 0 Å². The molecule has 1 N–H and O–H groups in total. The van der Waals surface area contributed by atoms with Crippen molar-refractivity contribution in [1.29, 1.82) is 0 Å². The first-order chi connectivity index (χ1) is 8.66. The van der Waals surface area contributed by atoms with Gasteiger partial charge in [-0.2, -0.15) is 0 Å². The molecule has 0 aromatic heterocycles. The fraction of sp³-hybridized carbons (Fsp3) is 0.0667. The first kappa shape index (κ1) is 12.0. The first-order valence-electron chi connectivity index (χ1n) is 5.61. The standard InChI is InChI=1S/C15H10Br2O/c16-10-5-6-12-13(8-10)15(18)11-4-2-1-3-9(11)7-14(12)17/h1-8,10,18H. The summed E-state index contributed by atoms with van der Waals surface area (Å²) in [7, 11) is 0. The molecule has 0 amide bonds. The van der Waals surface area contributed by atoms with Crippen LogP contribution in [0.15, 0.2) is 58.1 Å². The number of aliphatic hydroxyl groups excluding tert-OH is 1. The average molecular weight is 366 g/mol. The van der Waals surface area contributed by atoms with Gasteiger partial charge in [0.05, 0.1) is 4.83 Å². The number of halogens is 2. The summed E-state index contributed by atoms with van der Waals surface area (Å²) in [5.41, 5.74) is 1.88. The fourth-order valence-corrected chi connectivity index (χ4v) is 3.20. The molecule has 0 spiro atoms. The van der Waals surface area contributed by atoms with E-state index in [1.807, 2.05) is 42.5 Å². The van der Waals surface area contributed by atoms with E-state index in [9.17, 15) is 5.11 Å². The molecular formula is C15H10Br2O. The summed E-state index contributed by atoms with van der Waals surface area (Å²) in [6.07, 6.45) is 8.14. The molecular weight excluding hydrogens is 356 g/mol. The molecule has 0 bridgehead atoms. The molecule has 3 rings (SSSR count). The molecule has 0 heterocycles. The first-order valence-corrected chi connectivity index (χ1v) is 7.32. The Morgan fingerprint density at radius 1 is 1.17 bits per heavy atom. The third-order valence-corrected chi connectivity index (χ3v) is 4.30. The van der Waals surface area contributed by atoms with E-state index in [2.05, 4.69) is 37.9 Å². The Hall–Kier alpha value is -1.06. The van der Waals surface area contributed by atoms with Crippen molar-refractivity contribution in [2.45, 2.75) is 4.83 Å². The number of hydrogen-bond donors (Lipinski definition) is 1. The molecule has 90 valence electrons. The molecule has 1 unspecified atom stereocenters. The highest BCUT2D eigenvalue weighted by Gasteiger charge is 2.18. The van der Waals surface area contributed by atoms with E-state index in [-0.39, 0.29) is 4.83 Å². The van der Waals surface area contributed by atoms with Crippen molar-refractivity contribution < 1.29 is 5.11 Å². The van der Waals surface area contributed by atoms with Gasteiger partial charge in [0.25, 0.3) is 0 Å². The van der Waals surface area contributed by atoms with Gasteiger partial charge in [-0.05, 0) is 16.9 Å². The lowest BCUT2D eigenvalue weighted by Gasteiger charge is -2.14. The second-order valence-electron chi connectivity index (χ2n) is 4.23. The van der Waals surface area contributed by atoms with Gasteiger partial charge in [0.2, 0.25) is 0 Å². The summed E-state index contributed by atoms with van der Waals surface area (Å²) >= 11 is 7.12. The highest BCUT2D eigenvalue weighted by molar-refractivity contribution is 9.12. The lowest BCUT2D eigenvalue weighted by Crippen LogP contribution is -2.26. The Balaban J connectivity index is 2.43. The van der Waals surface area contributed by atoms with E-state index in [1.165, 1.54) is 0 Å². The molecule has 1 aromatic carbocycles. The van der Waals surface area contributed by atoms with Gasteiger partial charge in [-0.1, -0.05) is 74.4 Å².